The highest BCUT2D eigenvalue weighted by atomic mass is 16.6. The molecule has 0 fully saturated rings. The van der Waals surface area contributed by atoms with Gasteiger partial charge in [-0.15, -0.1) is 0 Å². The van der Waals surface area contributed by atoms with Gasteiger partial charge in [0.15, 0.2) is 11.5 Å². The Morgan fingerprint density at radius 2 is 1.43 bits per heavy atom. The van der Waals surface area contributed by atoms with Crippen molar-refractivity contribution in [2.24, 2.45) is 0 Å². The summed E-state index contributed by atoms with van der Waals surface area (Å²) in [5.74, 6) is 0.0346. The second-order valence-corrected chi connectivity index (χ2v) is 5.11. The zero-order valence-corrected chi connectivity index (χ0v) is 13.1. The molecule has 0 heterocycles. The summed E-state index contributed by atoms with van der Waals surface area (Å²) in [7, 11) is 0. The number of ether oxygens (including phenoxy) is 2. The summed E-state index contributed by atoms with van der Waals surface area (Å²) in [5.41, 5.74) is 0.946. The number of benzene rings is 1. The van der Waals surface area contributed by atoms with Crippen molar-refractivity contribution in [2.75, 3.05) is 0 Å². The number of carbonyl (C=O) groups is 2. The van der Waals surface area contributed by atoms with Gasteiger partial charge >= 0.3 is 11.9 Å². The van der Waals surface area contributed by atoms with Gasteiger partial charge in [-0.3, -0.25) is 9.59 Å². The van der Waals surface area contributed by atoms with Gasteiger partial charge in [-0.05, 0) is 37.5 Å². The van der Waals surface area contributed by atoms with Crippen molar-refractivity contribution in [3.05, 3.63) is 23.8 Å². The number of aryl methyl sites for hydroxylation is 1. The first kappa shape index (κ1) is 17.2. The van der Waals surface area contributed by atoms with Crippen LogP contribution in [0.4, 0.5) is 0 Å². The first-order chi connectivity index (χ1) is 10.1. The molecule has 0 bridgehead atoms. The molecule has 0 saturated heterocycles. The van der Waals surface area contributed by atoms with Crippen molar-refractivity contribution in [1.82, 2.24) is 0 Å². The molecule has 0 aliphatic carbocycles. The van der Waals surface area contributed by atoms with E-state index in [1.807, 2.05) is 26.8 Å². The molecular formula is C17H24O4. The van der Waals surface area contributed by atoms with Crippen molar-refractivity contribution in [3.8, 4) is 11.5 Å². The minimum Gasteiger partial charge on any atom is -0.423 e. The van der Waals surface area contributed by atoms with Crippen LogP contribution in [-0.4, -0.2) is 11.9 Å². The molecule has 0 spiro atoms. The highest BCUT2D eigenvalue weighted by molar-refractivity contribution is 5.76. The van der Waals surface area contributed by atoms with E-state index in [-0.39, 0.29) is 11.9 Å². The SMILES string of the molecule is CCCCC(=O)Oc1ccc(C)cc1OC(=O)CCCC. The molecular weight excluding hydrogens is 268 g/mol. The van der Waals surface area contributed by atoms with Crippen LogP contribution in [0.2, 0.25) is 0 Å². The highest BCUT2D eigenvalue weighted by Crippen LogP contribution is 2.29. The summed E-state index contributed by atoms with van der Waals surface area (Å²) in [6.07, 6.45) is 4.18. The molecule has 0 radical (unpaired) electrons. The monoisotopic (exact) mass is 292 g/mol. The summed E-state index contributed by atoms with van der Waals surface area (Å²) >= 11 is 0. The zero-order chi connectivity index (χ0) is 15.7. The Kier molecular flexibility index (Phi) is 7.51. The van der Waals surface area contributed by atoms with Crippen LogP contribution < -0.4 is 9.47 Å². The van der Waals surface area contributed by atoms with Crippen LogP contribution in [0.15, 0.2) is 18.2 Å². The van der Waals surface area contributed by atoms with Gasteiger partial charge < -0.3 is 9.47 Å². The topological polar surface area (TPSA) is 52.6 Å². The van der Waals surface area contributed by atoms with Crippen molar-refractivity contribution < 1.29 is 19.1 Å². The van der Waals surface area contributed by atoms with Gasteiger partial charge in [0.2, 0.25) is 0 Å². The van der Waals surface area contributed by atoms with E-state index in [0.717, 1.165) is 31.2 Å². The maximum Gasteiger partial charge on any atom is 0.311 e. The Labute approximate surface area is 126 Å². The molecule has 0 unspecified atom stereocenters. The van der Waals surface area contributed by atoms with E-state index >= 15 is 0 Å². The van der Waals surface area contributed by atoms with E-state index in [2.05, 4.69) is 0 Å². The Balaban J connectivity index is 2.74. The third-order valence-corrected chi connectivity index (χ3v) is 3.02. The van der Waals surface area contributed by atoms with Gasteiger partial charge in [-0.1, -0.05) is 32.8 Å². The predicted octanol–water partition coefficient (Wildman–Crippen LogP) is 4.19. The first-order valence-corrected chi connectivity index (χ1v) is 7.58. The largest absolute Gasteiger partial charge is 0.423 e. The van der Waals surface area contributed by atoms with Crippen molar-refractivity contribution in [1.29, 1.82) is 0 Å². The van der Waals surface area contributed by atoms with Crippen LogP contribution in [0.1, 0.15) is 57.9 Å². The average Bonchev–Trinajstić information content (AvgIpc) is 2.45. The molecule has 116 valence electrons. The smallest absolute Gasteiger partial charge is 0.311 e. The number of esters is 2. The molecule has 0 aliphatic rings. The number of rotatable bonds is 8. The number of carbonyl (C=O) groups excluding carboxylic acids is 2. The van der Waals surface area contributed by atoms with Crippen molar-refractivity contribution in [2.45, 2.75) is 59.3 Å². The molecule has 1 aromatic rings. The molecule has 0 amide bonds. The Hall–Kier alpha value is -1.84. The lowest BCUT2D eigenvalue weighted by Gasteiger charge is -2.11. The zero-order valence-electron chi connectivity index (χ0n) is 13.1. The number of hydrogen-bond donors (Lipinski definition) is 0. The third kappa shape index (κ3) is 6.43. The Morgan fingerprint density at radius 3 is 1.95 bits per heavy atom. The van der Waals surface area contributed by atoms with E-state index in [9.17, 15) is 9.59 Å². The van der Waals surface area contributed by atoms with E-state index in [1.165, 1.54) is 0 Å². The Morgan fingerprint density at radius 1 is 0.905 bits per heavy atom. The first-order valence-electron chi connectivity index (χ1n) is 7.58. The fraction of sp³-hybridized carbons (Fsp3) is 0.529. The van der Waals surface area contributed by atoms with E-state index in [4.69, 9.17) is 9.47 Å². The lowest BCUT2D eigenvalue weighted by atomic mass is 10.2. The van der Waals surface area contributed by atoms with Crippen molar-refractivity contribution >= 4 is 11.9 Å². The van der Waals surface area contributed by atoms with Gasteiger partial charge in [0, 0.05) is 12.8 Å². The van der Waals surface area contributed by atoms with Gasteiger partial charge in [-0.2, -0.15) is 0 Å². The quantitative estimate of drug-likeness (QED) is 0.532. The van der Waals surface area contributed by atoms with Gasteiger partial charge in [0.25, 0.3) is 0 Å². The average molecular weight is 292 g/mol. The van der Waals surface area contributed by atoms with Crippen LogP contribution in [0.3, 0.4) is 0 Å². The van der Waals surface area contributed by atoms with Gasteiger partial charge in [0.1, 0.15) is 0 Å². The third-order valence-electron chi connectivity index (χ3n) is 3.02. The molecule has 0 saturated carbocycles. The molecule has 4 nitrogen and oxygen atoms in total. The standard InChI is InChI=1S/C17H24O4/c1-4-6-8-16(18)20-14-11-10-13(3)12-15(14)21-17(19)9-7-5-2/h10-12H,4-9H2,1-3H3. The van der Waals surface area contributed by atoms with E-state index in [0.29, 0.717) is 24.3 Å². The molecule has 21 heavy (non-hydrogen) atoms. The van der Waals surface area contributed by atoms with E-state index < -0.39 is 0 Å². The van der Waals surface area contributed by atoms with Crippen LogP contribution in [-0.2, 0) is 9.59 Å². The van der Waals surface area contributed by atoms with Gasteiger partial charge in [0.05, 0.1) is 0 Å². The molecule has 0 N–H and O–H groups in total. The molecule has 4 heteroatoms. The lowest BCUT2D eigenvalue weighted by Crippen LogP contribution is -2.12. The maximum absolute atomic E-state index is 11.7. The number of unbranched alkanes of at least 4 members (excludes halogenated alkanes) is 2. The van der Waals surface area contributed by atoms with Gasteiger partial charge in [-0.25, -0.2) is 0 Å². The highest BCUT2D eigenvalue weighted by Gasteiger charge is 2.13. The normalized spacial score (nSPS) is 10.2. The summed E-state index contributed by atoms with van der Waals surface area (Å²) in [6.45, 7) is 5.92. The minimum atomic E-state index is -0.299. The lowest BCUT2D eigenvalue weighted by molar-refractivity contribution is -0.137. The summed E-state index contributed by atoms with van der Waals surface area (Å²) in [5, 5.41) is 0. The predicted molar refractivity (Wildman–Crippen MR) is 81.5 cm³/mol. The molecule has 1 rings (SSSR count). The molecule has 0 aromatic heterocycles. The van der Waals surface area contributed by atoms with Crippen LogP contribution in [0.25, 0.3) is 0 Å². The van der Waals surface area contributed by atoms with E-state index in [1.54, 1.807) is 12.1 Å². The Bertz CT molecular complexity index is 480. The second kappa shape index (κ2) is 9.16. The summed E-state index contributed by atoms with van der Waals surface area (Å²) < 4.78 is 10.6. The maximum atomic E-state index is 11.7. The van der Waals surface area contributed by atoms with Crippen LogP contribution in [0, 0.1) is 6.92 Å². The molecule has 0 atom stereocenters. The fourth-order valence-electron chi connectivity index (χ4n) is 1.77. The fourth-order valence-corrected chi connectivity index (χ4v) is 1.77. The van der Waals surface area contributed by atoms with Crippen molar-refractivity contribution in [3.63, 3.8) is 0 Å². The minimum absolute atomic E-state index is 0.298. The second-order valence-electron chi connectivity index (χ2n) is 5.11. The van der Waals surface area contributed by atoms with Crippen LogP contribution in [0.5, 0.6) is 11.5 Å². The summed E-state index contributed by atoms with van der Waals surface area (Å²) in [6, 6.07) is 5.21. The number of hydrogen-bond acceptors (Lipinski definition) is 4. The van der Waals surface area contributed by atoms with Crippen LogP contribution >= 0.6 is 0 Å². The molecule has 0 aliphatic heterocycles. The molecule has 1 aromatic carbocycles. The summed E-state index contributed by atoms with van der Waals surface area (Å²) in [4.78, 5) is 23.4.